The lowest BCUT2D eigenvalue weighted by Crippen LogP contribution is -2.26. The minimum Gasteiger partial charge on any atom is -0.380 e. The van der Waals surface area contributed by atoms with Crippen LogP contribution in [0.5, 0.6) is 0 Å². The number of aryl methyl sites for hydroxylation is 8. The molecule has 0 spiro atoms. The number of hydrogen-bond donors (Lipinski definition) is 1. The molecule has 0 aliphatic carbocycles. The van der Waals surface area contributed by atoms with E-state index < -0.39 is 0 Å². The summed E-state index contributed by atoms with van der Waals surface area (Å²) in [4.78, 5) is 0. The molecule has 1 nitrogen and oxygen atoms in total. The first-order valence-electron chi connectivity index (χ1n) is 28.1. The van der Waals surface area contributed by atoms with Gasteiger partial charge in [-0.1, -0.05) is 217 Å². The van der Waals surface area contributed by atoms with E-state index in [9.17, 15) is 0 Å². The Balaban J connectivity index is 1.51. The van der Waals surface area contributed by atoms with Crippen LogP contribution < -0.4 is 5.32 Å². The van der Waals surface area contributed by atoms with Crippen LogP contribution in [-0.4, -0.2) is 0 Å². The molecule has 394 valence electrons. The third kappa shape index (κ3) is 11.3. The predicted octanol–water partition coefficient (Wildman–Crippen LogP) is 20.8. The Morgan fingerprint density at radius 1 is 0.303 bits per heavy atom. The second kappa shape index (κ2) is 21.2. The Kier molecular flexibility index (Phi) is 15.5. The van der Waals surface area contributed by atoms with Gasteiger partial charge < -0.3 is 5.32 Å². The van der Waals surface area contributed by atoms with Gasteiger partial charge in [0.15, 0.2) is 0 Å². The molecule has 1 N–H and O–H groups in total. The van der Waals surface area contributed by atoms with Crippen LogP contribution in [0.15, 0.2) is 133 Å². The highest BCUT2D eigenvalue weighted by Gasteiger charge is 2.31. The summed E-state index contributed by atoms with van der Waals surface area (Å²) in [6, 6.07) is 51.5. The van der Waals surface area contributed by atoms with Gasteiger partial charge in [0.1, 0.15) is 0 Å². The van der Waals surface area contributed by atoms with Gasteiger partial charge in [0.05, 0.1) is 0 Å². The smallest absolute Gasteiger partial charge is 0.0414 e. The van der Waals surface area contributed by atoms with Crippen molar-refractivity contribution in [3.8, 4) is 44.5 Å². The van der Waals surface area contributed by atoms with Crippen LogP contribution in [0.25, 0.3) is 44.5 Å². The number of hydrogen-bond acceptors (Lipinski definition) is 1. The lowest BCUT2D eigenvalue weighted by molar-refractivity contribution is 0.539. The standard InChI is InChI=1S/C75H89N/c1-46-27-21-28-47(2)67(46)58-35-25-36-59(68-48(3)29-22-30-49(68)4)62(58)41-54-39-56(72(9,10)11)40-55(71(54)76-45-64-65(74(15,16)17)43-57(73(12,13)14)44-66(64)75(18,19)20)42-63-60(69-50(5)31-23-32-51(69)6)37-26-38-61(63)70-52(7)33-24-34-53(70)8/h21-40,43-44,76H,41-42,45H2,1-20H3. The maximum Gasteiger partial charge on any atom is 0.0414 e. The first-order chi connectivity index (χ1) is 35.6. The first kappa shape index (κ1) is 55.8. The van der Waals surface area contributed by atoms with Crippen LogP contribution in [0.2, 0.25) is 0 Å². The molecule has 0 radical (unpaired) electrons. The van der Waals surface area contributed by atoms with Gasteiger partial charge in [-0.25, -0.2) is 0 Å². The van der Waals surface area contributed by atoms with E-state index in [1.807, 2.05) is 0 Å². The second-order valence-electron chi connectivity index (χ2n) is 26.7. The van der Waals surface area contributed by atoms with E-state index in [1.165, 1.54) is 145 Å². The monoisotopic (exact) mass is 1000 g/mol. The third-order valence-electron chi connectivity index (χ3n) is 16.4. The van der Waals surface area contributed by atoms with Gasteiger partial charge in [0, 0.05) is 25.1 Å². The zero-order valence-corrected chi connectivity index (χ0v) is 50.3. The molecule has 0 saturated carbocycles. The molecular weight excluding hydrogens is 915 g/mol. The summed E-state index contributed by atoms with van der Waals surface area (Å²) in [5.74, 6) is 0. The summed E-state index contributed by atoms with van der Waals surface area (Å²) >= 11 is 0. The van der Waals surface area contributed by atoms with E-state index in [4.69, 9.17) is 0 Å². The van der Waals surface area contributed by atoms with Gasteiger partial charge in [-0.15, -0.1) is 0 Å². The molecule has 0 aliphatic heterocycles. The van der Waals surface area contributed by atoms with E-state index in [0.29, 0.717) is 6.54 Å². The number of anilines is 1. The molecule has 0 aromatic heterocycles. The fourth-order valence-electron chi connectivity index (χ4n) is 12.3. The maximum atomic E-state index is 4.43. The molecule has 0 aliphatic rings. The number of benzene rings is 8. The highest BCUT2D eigenvalue weighted by atomic mass is 14.9. The number of nitrogens with one attached hydrogen (secondary N) is 1. The molecule has 8 aromatic carbocycles. The first-order valence-corrected chi connectivity index (χ1v) is 28.1. The Morgan fingerprint density at radius 3 is 0.803 bits per heavy atom. The summed E-state index contributed by atoms with van der Waals surface area (Å²) in [6.07, 6.45) is 1.49. The third-order valence-corrected chi connectivity index (χ3v) is 16.4. The highest BCUT2D eigenvalue weighted by molar-refractivity contribution is 5.87. The molecule has 0 saturated heterocycles. The summed E-state index contributed by atoms with van der Waals surface area (Å²) < 4.78 is 0. The Bertz CT molecular complexity index is 3040. The fraction of sp³-hybridized carbons (Fsp3) is 0.360. The van der Waals surface area contributed by atoms with Gasteiger partial charge in [-0.2, -0.15) is 0 Å². The van der Waals surface area contributed by atoms with Gasteiger partial charge in [-0.3, -0.25) is 0 Å². The molecular formula is C75H89N. The van der Waals surface area contributed by atoms with Crippen LogP contribution in [0.3, 0.4) is 0 Å². The average Bonchev–Trinajstić information content (AvgIpc) is 3.31. The average molecular weight is 1000 g/mol. The molecule has 1 heteroatoms. The molecule has 0 atom stereocenters. The normalized spacial score (nSPS) is 12.4. The topological polar surface area (TPSA) is 12.0 Å². The van der Waals surface area contributed by atoms with Crippen LogP contribution in [-0.2, 0) is 41.0 Å². The van der Waals surface area contributed by atoms with Crippen LogP contribution in [0, 0.1) is 55.4 Å². The minimum atomic E-state index is -0.132. The minimum absolute atomic E-state index is 0.00112. The SMILES string of the molecule is Cc1cccc(C)c1-c1cccc(-c2c(C)cccc2C)c1Cc1cc(C(C)(C)C)cc(Cc2c(-c3c(C)cccc3C)cccc2-c2c(C)cccc2C)c1NCc1c(C(C)(C)C)cc(C(C)(C)C)cc1C(C)(C)C. The van der Waals surface area contributed by atoms with E-state index in [0.717, 1.165) is 12.8 Å². The van der Waals surface area contributed by atoms with Crippen molar-refractivity contribution in [2.75, 3.05) is 5.32 Å². The molecule has 8 aromatic rings. The van der Waals surface area contributed by atoms with Crippen LogP contribution >= 0.6 is 0 Å². The lowest BCUT2D eigenvalue weighted by atomic mass is 9.72. The van der Waals surface area contributed by atoms with Crippen LogP contribution in [0.4, 0.5) is 5.69 Å². The van der Waals surface area contributed by atoms with Crippen molar-refractivity contribution < 1.29 is 0 Å². The van der Waals surface area contributed by atoms with Crippen molar-refractivity contribution in [3.05, 3.63) is 228 Å². The predicted molar refractivity (Wildman–Crippen MR) is 333 cm³/mol. The van der Waals surface area contributed by atoms with Crippen molar-refractivity contribution in [1.82, 2.24) is 0 Å². The lowest BCUT2D eigenvalue weighted by Gasteiger charge is -2.34. The molecule has 8 rings (SSSR count). The van der Waals surface area contributed by atoms with Crippen molar-refractivity contribution in [2.45, 2.75) is 180 Å². The van der Waals surface area contributed by atoms with Gasteiger partial charge >= 0.3 is 0 Å². The highest BCUT2D eigenvalue weighted by Crippen LogP contribution is 2.46. The zero-order valence-electron chi connectivity index (χ0n) is 50.3. The van der Waals surface area contributed by atoms with E-state index in [2.05, 4.69) is 277 Å². The summed E-state index contributed by atoms with van der Waals surface area (Å²) in [5, 5.41) is 4.43. The molecule has 0 bridgehead atoms. The fourth-order valence-corrected chi connectivity index (χ4v) is 12.3. The van der Waals surface area contributed by atoms with Crippen molar-refractivity contribution in [2.24, 2.45) is 0 Å². The van der Waals surface area contributed by atoms with Gasteiger partial charge in [0.2, 0.25) is 0 Å². The van der Waals surface area contributed by atoms with E-state index in [1.54, 1.807) is 0 Å². The van der Waals surface area contributed by atoms with Crippen LogP contribution in [0.1, 0.15) is 178 Å². The molecule has 0 heterocycles. The van der Waals surface area contributed by atoms with E-state index >= 15 is 0 Å². The maximum absolute atomic E-state index is 4.43. The summed E-state index contributed by atoms with van der Waals surface area (Å²) in [6.45, 7) is 47.7. The van der Waals surface area contributed by atoms with E-state index in [-0.39, 0.29) is 21.7 Å². The van der Waals surface area contributed by atoms with Gasteiger partial charge in [-0.05, 0) is 216 Å². The molecule has 76 heavy (non-hydrogen) atoms. The Morgan fingerprint density at radius 2 is 0.553 bits per heavy atom. The molecule has 0 amide bonds. The second-order valence-corrected chi connectivity index (χ2v) is 26.7. The summed E-state index contributed by atoms with van der Waals surface area (Å²) in [7, 11) is 0. The van der Waals surface area contributed by atoms with Gasteiger partial charge in [0.25, 0.3) is 0 Å². The largest absolute Gasteiger partial charge is 0.380 e. The molecule has 0 unspecified atom stereocenters. The van der Waals surface area contributed by atoms with Crippen molar-refractivity contribution in [1.29, 1.82) is 0 Å². The zero-order chi connectivity index (χ0) is 55.4. The van der Waals surface area contributed by atoms with Crippen molar-refractivity contribution in [3.63, 3.8) is 0 Å². The number of rotatable bonds is 11. The quantitative estimate of drug-likeness (QED) is 0.136. The molecule has 0 fully saturated rings. The summed E-state index contributed by atoms with van der Waals surface area (Å²) in [5.41, 5.74) is 34.3. The van der Waals surface area contributed by atoms with Crippen molar-refractivity contribution >= 4 is 5.69 Å². The Hall–Kier alpha value is -6.44. The Labute approximate surface area is 460 Å².